The summed E-state index contributed by atoms with van der Waals surface area (Å²) >= 11 is 11.3. The van der Waals surface area contributed by atoms with E-state index >= 15 is 0 Å². The van der Waals surface area contributed by atoms with Gasteiger partial charge in [-0.15, -0.1) is 11.6 Å². The molecule has 0 N–H and O–H groups in total. The quantitative estimate of drug-likeness (QED) is 0.408. The Hall–Kier alpha value is -0.210. The van der Waals surface area contributed by atoms with Gasteiger partial charge in [-0.05, 0) is 5.92 Å². The van der Waals surface area contributed by atoms with Gasteiger partial charge in [-0.3, -0.25) is 0 Å². The molecule has 2 atom stereocenters. The first kappa shape index (κ1) is 10.9. The van der Waals surface area contributed by atoms with Crippen LogP contribution in [0.3, 0.4) is 0 Å². The Morgan fingerprint density at radius 2 is 2.23 bits per heavy atom. The van der Waals surface area contributed by atoms with Crippen LogP contribution < -0.4 is 0 Å². The van der Waals surface area contributed by atoms with Crippen LogP contribution in [0.1, 0.15) is 13.8 Å². The van der Waals surface area contributed by atoms with Crippen LogP contribution >= 0.6 is 23.2 Å². The van der Waals surface area contributed by atoms with Gasteiger partial charge in [0.2, 0.25) is 0 Å². The molecule has 1 saturated heterocycles. The number of alkyl halides is 1. The summed E-state index contributed by atoms with van der Waals surface area (Å²) in [5.41, 5.74) is 1.77. The van der Waals surface area contributed by atoms with Crippen LogP contribution in [0.25, 0.3) is 0 Å². The zero-order valence-corrected chi connectivity index (χ0v) is 9.10. The fraction of sp³-hybridized carbons (Fsp3) is 0.667. The molecule has 1 heterocycles. The molecule has 0 saturated carbocycles. The summed E-state index contributed by atoms with van der Waals surface area (Å²) in [6, 6.07) is 0. The molecule has 0 radical (unpaired) electrons. The molecule has 0 aromatic rings. The van der Waals surface area contributed by atoms with E-state index in [2.05, 4.69) is 0 Å². The molecule has 1 aliphatic rings. The minimum Gasteiger partial charge on any atom is -0.458 e. The zero-order chi connectivity index (χ0) is 10.0. The third-order valence-electron chi connectivity index (χ3n) is 2.22. The Kier molecular flexibility index (Phi) is 3.63. The molecule has 0 amide bonds. The molecular formula is C9H12Cl2O2. The van der Waals surface area contributed by atoms with Crippen LogP contribution in [-0.2, 0) is 9.53 Å². The van der Waals surface area contributed by atoms with Crippen molar-refractivity contribution in [3.8, 4) is 0 Å². The Bertz CT molecular complexity index is 236. The van der Waals surface area contributed by atoms with Crippen molar-refractivity contribution < 1.29 is 9.53 Å². The third kappa shape index (κ3) is 2.00. The van der Waals surface area contributed by atoms with Crippen LogP contribution in [0.4, 0.5) is 0 Å². The fourth-order valence-corrected chi connectivity index (χ4v) is 2.09. The second-order valence-corrected chi connectivity index (χ2v) is 3.97. The highest BCUT2D eigenvalue weighted by molar-refractivity contribution is 6.28. The van der Waals surface area contributed by atoms with Gasteiger partial charge in [-0.2, -0.15) is 0 Å². The lowest BCUT2D eigenvalue weighted by molar-refractivity contribution is -0.140. The highest BCUT2D eigenvalue weighted by Crippen LogP contribution is 2.33. The average Bonchev–Trinajstić information content (AvgIpc) is 2.41. The number of halogens is 2. The number of esters is 1. The van der Waals surface area contributed by atoms with Crippen LogP contribution in [0.15, 0.2) is 11.1 Å². The van der Waals surface area contributed by atoms with E-state index in [9.17, 15) is 4.79 Å². The molecule has 1 rings (SSSR count). The normalized spacial score (nSPS) is 31.5. The summed E-state index contributed by atoms with van der Waals surface area (Å²) in [5, 5.41) is 0. The fourth-order valence-electron chi connectivity index (χ4n) is 1.50. The molecule has 4 heteroatoms. The molecule has 0 aromatic carbocycles. The molecule has 0 bridgehead atoms. The van der Waals surface area contributed by atoms with Crippen molar-refractivity contribution in [1.29, 1.82) is 0 Å². The minimum atomic E-state index is -0.334. The number of cyclic esters (lactones) is 1. The molecule has 2 nitrogen and oxygen atoms in total. The first-order chi connectivity index (χ1) is 6.11. The van der Waals surface area contributed by atoms with E-state index in [1.165, 1.54) is 5.54 Å². The topological polar surface area (TPSA) is 26.3 Å². The summed E-state index contributed by atoms with van der Waals surface area (Å²) in [7, 11) is 0. The minimum absolute atomic E-state index is 0.0633. The van der Waals surface area contributed by atoms with Gasteiger partial charge in [0.15, 0.2) is 0 Å². The van der Waals surface area contributed by atoms with Crippen molar-refractivity contribution >= 4 is 29.2 Å². The molecule has 0 spiro atoms. The first-order valence-electron chi connectivity index (χ1n) is 4.19. The Labute approximate surface area is 87.8 Å². The Morgan fingerprint density at radius 3 is 2.62 bits per heavy atom. The van der Waals surface area contributed by atoms with E-state index in [1.807, 2.05) is 13.8 Å². The molecule has 13 heavy (non-hydrogen) atoms. The van der Waals surface area contributed by atoms with E-state index in [1.54, 1.807) is 0 Å². The molecule has 0 aliphatic carbocycles. The van der Waals surface area contributed by atoms with Crippen molar-refractivity contribution in [2.24, 2.45) is 11.8 Å². The average molecular weight is 223 g/mol. The van der Waals surface area contributed by atoms with Crippen LogP contribution in [-0.4, -0.2) is 18.0 Å². The van der Waals surface area contributed by atoms with Gasteiger partial charge >= 0.3 is 5.97 Å². The SMILES string of the molecule is CC(C)[C@H]1OC(=O)/C(=C/Cl)[C@@H]1CCl. The van der Waals surface area contributed by atoms with Crippen molar-refractivity contribution in [3.05, 3.63) is 11.1 Å². The van der Waals surface area contributed by atoms with Gasteiger partial charge in [0.05, 0.1) is 5.57 Å². The van der Waals surface area contributed by atoms with E-state index in [4.69, 9.17) is 27.9 Å². The van der Waals surface area contributed by atoms with E-state index < -0.39 is 0 Å². The van der Waals surface area contributed by atoms with Gasteiger partial charge in [-0.1, -0.05) is 25.4 Å². The van der Waals surface area contributed by atoms with Gasteiger partial charge in [0, 0.05) is 17.3 Å². The summed E-state index contributed by atoms with van der Waals surface area (Å²) in [4.78, 5) is 11.3. The monoisotopic (exact) mass is 222 g/mol. The number of hydrogen-bond donors (Lipinski definition) is 0. The number of carbonyl (C=O) groups excluding carboxylic acids is 1. The van der Waals surface area contributed by atoms with Gasteiger partial charge in [-0.25, -0.2) is 4.79 Å². The highest BCUT2D eigenvalue weighted by atomic mass is 35.5. The smallest absolute Gasteiger partial charge is 0.335 e. The lowest BCUT2D eigenvalue weighted by Gasteiger charge is -2.18. The van der Waals surface area contributed by atoms with Crippen LogP contribution in [0, 0.1) is 11.8 Å². The second-order valence-electron chi connectivity index (χ2n) is 3.44. The van der Waals surface area contributed by atoms with Gasteiger partial charge in [0.25, 0.3) is 0 Å². The van der Waals surface area contributed by atoms with Gasteiger partial charge in [0.1, 0.15) is 6.10 Å². The number of hydrogen-bond acceptors (Lipinski definition) is 2. The summed E-state index contributed by atoms with van der Waals surface area (Å²) in [6.45, 7) is 3.99. The predicted octanol–water partition coefficient (Wildman–Crippen LogP) is 2.55. The molecule has 1 aliphatic heterocycles. The lowest BCUT2D eigenvalue weighted by Crippen LogP contribution is -2.24. The number of ether oxygens (including phenoxy) is 1. The maximum atomic E-state index is 11.3. The Balaban J connectivity index is 2.88. The Morgan fingerprint density at radius 1 is 1.62 bits per heavy atom. The lowest BCUT2D eigenvalue weighted by atomic mass is 9.92. The van der Waals surface area contributed by atoms with E-state index in [0.29, 0.717) is 11.5 Å². The standard InChI is InChI=1S/C9H12Cl2O2/c1-5(2)8-6(3-10)7(4-11)9(12)13-8/h4-6,8H,3H2,1-2H3/b7-4+/t6-,8+/m0/s1. The van der Waals surface area contributed by atoms with Crippen molar-refractivity contribution in [3.63, 3.8) is 0 Å². The van der Waals surface area contributed by atoms with Crippen LogP contribution in [0.2, 0.25) is 0 Å². The molecule has 0 unspecified atom stereocenters. The van der Waals surface area contributed by atoms with E-state index in [0.717, 1.165) is 0 Å². The summed E-state index contributed by atoms with van der Waals surface area (Å²) in [5.74, 6) is 0.237. The first-order valence-corrected chi connectivity index (χ1v) is 5.16. The maximum absolute atomic E-state index is 11.3. The number of rotatable bonds is 2. The zero-order valence-electron chi connectivity index (χ0n) is 7.59. The van der Waals surface area contributed by atoms with Gasteiger partial charge < -0.3 is 4.74 Å². The molecular weight excluding hydrogens is 211 g/mol. The van der Waals surface area contributed by atoms with Crippen molar-refractivity contribution in [2.45, 2.75) is 20.0 Å². The van der Waals surface area contributed by atoms with Crippen LogP contribution in [0.5, 0.6) is 0 Å². The highest BCUT2D eigenvalue weighted by Gasteiger charge is 2.40. The maximum Gasteiger partial charge on any atom is 0.335 e. The molecule has 74 valence electrons. The summed E-state index contributed by atoms with van der Waals surface area (Å²) in [6.07, 6.45) is -0.130. The largest absolute Gasteiger partial charge is 0.458 e. The van der Waals surface area contributed by atoms with Crippen molar-refractivity contribution in [1.82, 2.24) is 0 Å². The van der Waals surface area contributed by atoms with Crippen molar-refractivity contribution in [2.75, 3.05) is 5.88 Å². The number of carbonyl (C=O) groups is 1. The predicted molar refractivity (Wildman–Crippen MR) is 52.9 cm³/mol. The summed E-state index contributed by atoms with van der Waals surface area (Å²) < 4.78 is 5.15. The molecule has 0 aromatic heterocycles. The van der Waals surface area contributed by atoms with E-state index in [-0.39, 0.29) is 23.9 Å². The third-order valence-corrected chi connectivity index (χ3v) is 2.78. The second kappa shape index (κ2) is 4.34. The molecule has 1 fully saturated rings.